The number of anilines is 1. The molecule has 2 N–H and O–H groups in total. The van der Waals surface area contributed by atoms with E-state index in [4.69, 9.17) is 4.98 Å². The first-order valence-corrected chi connectivity index (χ1v) is 14.1. The van der Waals surface area contributed by atoms with E-state index in [0.29, 0.717) is 44.8 Å². The summed E-state index contributed by atoms with van der Waals surface area (Å²) >= 11 is 0. The monoisotopic (exact) mass is 573 g/mol. The van der Waals surface area contributed by atoms with E-state index in [1.54, 1.807) is 66.7 Å². The molecule has 0 atom stereocenters. The highest BCUT2D eigenvalue weighted by atomic mass is 16.1. The summed E-state index contributed by atoms with van der Waals surface area (Å²) in [6.45, 7) is 0. The Morgan fingerprint density at radius 2 is 1.34 bits per heavy atom. The molecular weight excluding hydrogens is 546 g/mol. The minimum absolute atomic E-state index is 0.0829. The van der Waals surface area contributed by atoms with E-state index < -0.39 is 0 Å². The van der Waals surface area contributed by atoms with Gasteiger partial charge in [0, 0.05) is 27.9 Å². The molecule has 6 aromatic rings. The molecule has 0 aliphatic carbocycles. The molecule has 6 nitrogen and oxygen atoms in total. The molecule has 1 amide bonds. The van der Waals surface area contributed by atoms with Crippen LogP contribution >= 0.6 is 0 Å². The van der Waals surface area contributed by atoms with Crippen LogP contribution in [-0.4, -0.2) is 27.4 Å². The highest BCUT2D eigenvalue weighted by Gasteiger charge is 2.17. The van der Waals surface area contributed by atoms with Gasteiger partial charge in [-0.15, -0.1) is 0 Å². The summed E-state index contributed by atoms with van der Waals surface area (Å²) < 4.78 is 0. The normalized spacial score (nSPS) is 11.3. The number of rotatable bonds is 9. The van der Waals surface area contributed by atoms with E-state index in [2.05, 4.69) is 10.3 Å². The second kappa shape index (κ2) is 12.8. The van der Waals surface area contributed by atoms with E-state index in [1.807, 2.05) is 78.9 Å². The van der Waals surface area contributed by atoms with Crippen molar-refractivity contribution < 1.29 is 14.4 Å². The lowest BCUT2D eigenvalue weighted by atomic mass is 10.0. The highest BCUT2D eigenvalue weighted by Crippen LogP contribution is 2.26. The second-order valence-corrected chi connectivity index (χ2v) is 10.1. The molecule has 44 heavy (non-hydrogen) atoms. The summed E-state index contributed by atoms with van der Waals surface area (Å²) in [5.74, 6) is -0.0139. The van der Waals surface area contributed by atoms with Gasteiger partial charge < -0.3 is 10.3 Å². The maximum absolute atomic E-state index is 13.4. The van der Waals surface area contributed by atoms with Crippen LogP contribution in [0.4, 0.5) is 5.69 Å². The molecule has 0 bridgehead atoms. The lowest BCUT2D eigenvalue weighted by molar-refractivity contribution is 0.102. The quantitative estimate of drug-likeness (QED) is 0.104. The largest absolute Gasteiger partial charge is 0.338 e. The number of fused-ring (bicyclic) bond motifs is 1. The zero-order chi connectivity index (χ0) is 30.3. The first-order chi connectivity index (χ1) is 21.5. The van der Waals surface area contributed by atoms with Crippen LogP contribution in [-0.2, 0) is 0 Å². The predicted molar refractivity (Wildman–Crippen MR) is 175 cm³/mol. The third-order valence-electron chi connectivity index (χ3n) is 7.08. The van der Waals surface area contributed by atoms with E-state index in [0.717, 1.165) is 11.1 Å². The molecule has 0 radical (unpaired) electrons. The highest BCUT2D eigenvalue weighted by molar-refractivity contribution is 6.11. The van der Waals surface area contributed by atoms with Gasteiger partial charge in [-0.1, -0.05) is 97.1 Å². The number of nitrogens with zero attached hydrogens (tertiary/aromatic N) is 1. The van der Waals surface area contributed by atoms with E-state index in [1.165, 1.54) is 6.08 Å². The minimum atomic E-state index is -0.314. The van der Waals surface area contributed by atoms with Crippen LogP contribution in [0.1, 0.15) is 42.2 Å². The molecule has 6 heteroatoms. The smallest absolute Gasteiger partial charge is 0.256 e. The number of allylic oxidation sites excluding steroid dienone is 3. The van der Waals surface area contributed by atoms with Crippen LogP contribution in [0.2, 0.25) is 0 Å². The van der Waals surface area contributed by atoms with Crippen LogP contribution < -0.4 is 5.32 Å². The molecule has 5 aromatic carbocycles. The van der Waals surface area contributed by atoms with Crippen LogP contribution in [0, 0.1) is 0 Å². The Balaban J connectivity index is 1.16. The van der Waals surface area contributed by atoms with Crippen LogP contribution in [0.25, 0.3) is 28.5 Å². The maximum Gasteiger partial charge on any atom is 0.256 e. The van der Waals surface area contributed by atoms with Crippen molar-refractivity contribution >= 4 is 40.3 Å². The van der Waals surface area contributed by atoms with Crippen molar-refractivity contribution in [3.63, 3.8) is 0 Å². The van der Waals surface area contributed by atoms with E-state index in [-0.39, 0.29) is 17.5 Å². The second-order valence-electron chi connectivity index (χ2n) is 10.1. The lowest BCUT2D eigenvalue weighted by Gasteiger charge is -2.09. The van der Waals surface area contributed by atoms with Crippen molar-refractivity contribution in [2.45, 2.75) is 0 Å². The molecule has 1 aromatic heterocycles. The Morgan fingerprint density at radius 1 is 0.659 bits per heavy atom. The fraction of sp³-hybridized carbons (Fsp3) is 0. The molecule has 0 saturated carbocycles. The molecule has 0 saturated heterocycles. The predicted octanol–water partition coefficient (Wildman–Crippen LogP) is 8.17. The topological polar surface area (TPSA) is 91.9 Å². The summed E-state index contributed by atoms with van der Waals surface area (Å²) in [5, 5.41) is 2.92. The summed E-state index contributed by atoms with van der Waals surface area (Å²) in [5.41, 5.74) is 5.70. The third-order valence-corrected chi connectivity index (χ3v) is 7.08. The summed E-state index contributed by atoms with van der Waals surface area (Å²) in [7, 11) is 0. The molecule has 0 spiro atoms. The Morgan fingerprint density at radius 3 is 2.11 bits per heavy atom. The van der Waals surface area contributed by atoms with Gasteiger partial charge in [0.05, 0.1) is 16.6 Å². The number of imidazole rings is 1. The van der Waals surface area contributed by atoms with Gasteiger partial charge in [0.25, 0.3) is 5.91 Å². The molecular formula is C38H27N3O3. The Kier molecular flexibility index (Phi) is 8.14. The number of hydrogen-bond donors (Lipinski definition) is 2. The number of ketones is 2. The average Bonchev–Trinajstić information content (AvgIpc) is 3.51. The first kappa shape index (κ1) is 28.0. The van der Waals surface area contributed by atoms with Gasteiger partial charge in [-0.25, -0.2) is 4.98 Å². The number of aromatic nitrogens is 2. The Labute approximate surface area is 254 Å². The molecule has 1 heterocycles. The van der Waals surface area contributed by atoms with Crippen LogP contribution in [0.15, 0.2) is 146 Å². The van der Waals surface area contributed by atoms with Gasteiger partial charge in [0.15, 0.2) is 11.6 Å². The summed E-state index contributed by atoms with van der Waals surface area (Å²) in [6, 6.07) is 38.2. The van der Waals surface area contributed by atoms with Gasteiger partial charge in [0.2, 0.25) is 0 Å². The zero-order valence-electron chi connectivity index (χ0n) is 23.6. The van der Waals surface area contributed by atoms with Crippen molar-refractivity contribution in [1.82, 2.24) is 9.97 Å². The number of benzene rings is 5. The third kappa shape index (κ3) is 6.35. The number of hydrogen-bond acceptors (Lipinski definition) is 4. The number of H-pyrrole nitrogens is 1. The lowest BCUT2D eigenvalue weighted by Crippen LogP contribution is -2.13. The number of carbonyl (C=O) groups excluding carboxylic acids is 3. The standard InChI is InChI=1S/C38H27N3O3/c42-35(18-10-7-13-26-11-3-1-4-12-26)27-19-22-30(23-20-27)39-38(44)32-17-9-8-16-31(32)37-40-33-24-21-29(25-34(33)41-37)36(43)28-14-5-2-6-15-28/h1-25H,(H,39,44)(H,40,41)/b13-7+,18-10+. The number of aromatic amines is 1. The van der Waals surface area contributed by atoms with Gasteiger partial charge in [-0.2, -0.15) is 0 Å². The maximum atomic E-state index is 13.4. The van der Waals surface area contributed by atoms with Crippen molar-refractivity contribution in [3.8, 4) is 11.4 Å². The molecule has 0 fully saturated rings. The fourth-order valence-electron chi connectivity index (χ4n) is 4.80. The molecule has 0 aliphatic rings. The van der Waals surface area contributed by atoms with Gasteiger partial charge in [0.1, 0.15) is 5.82 Å². The minimum Gasteiger partial charge on any atom is -0.338 e. The van der Waals surface area contributed by atoms with E-state index >= 15 is 0 Å². The average molecular weight is 574 g/mol. The van der Waals surface area contributed by atoms with Gasteiger partial charge >= 0.3 is 0 Å². The van der Waals surface area contributed by atoms with Gasteiger partial charge in [-0.3, -0.25) is 14.4 Å². The number of amides is 1. The number of carbonyl (C=O) groups is 3. The molecule has 212 valence electrons. The van der Waals surface area contributed by atoms with Crippen LogP contribution in [0.3, 0.4) is 0 Å². The molecule has 0 unspecified atom stereocenters. The first-order valence-electron chi connectivity index (χ1n) is 14.1. The van der Waals surface area contributed by atoms with Crippen molar-refractivity contribution in [2.75, 3.05) is 5.32 Å². The van der Waals surface area contributed by atoms with Crippen LogP contribution in [0.5, 0.6) is 0 Å². The fourth-order valence-corrected chi connectivity index (χ4v) is 4.80. The van der Waals surface area contributed by atoms with Crippen molar-refractivity contribution in [2.24, 2.45) is 0 Å². The van der Waals surface area contributed by atoms with E-state index in [9.17, 15) is 14.4 Å². The summed E-state index contributed by atoms with van der Waals surface area (Å²) in [6.07, 6.45) is 6.97. The Hall–Kier alpha value is -6.14. The molecule has 0 aliphatic heterocycles. The van der Waals surface area contributed by atoms with Gasteiger partial charge in [-0.05, 0) is 60.2 Å². The zero-order valence-corrected chi connectivity index (χ0v) is 23.6. The van der Waals surface area contributed by atoms with Crippen molar-refractivity contribution in [1.29, 1.82) is 0 Å². The number of nitrogens with one attached hydrogen (secondary N) is 2. The Bertz CT molecular complexity index is 2020. The van der Waals surface area contributed by atoms with Crippen molar-refractivity contribution in [3.05, 3.63) is 173 Å². The molecule has 6 rings (SSSR count). The summed E-state index contributed by atoms with van der Waals surface area (Å²) in [4.78, 5) is 46.9. The SMILES string of the molecule is O=C(/C=C/C=C/c1ccccc1)c1ccc(NC(=O)c2ccccc2-c2nc3cc(C(=O)c4ccccc4)ccc3[nH]2)cc1.